The van der Waals surface area contributed by atoms with Crippen LogP contribution in [0.5, 0.6) is 5.75 Å². The maximum absolute atomic E-state index is 12.4. The first-order valence-corrected chi connectivity index (χ1v) is 12.0. The summed E-state index contributed by atoms with van der Waals surface area (Å²) in [6.45, 7) is 4.63. The van der Waals surface area contributed by atoms with Gasteiger partial charge < -0.3 is 24.8 Å². The van der Waals surface area contributed by atoms with Crippen molar-refractivity contribution >= 4 is 25.6 Å². The van der Waals surface area contributed by atoms with Gasteiger partial charge in [0.2, 0.25) is 0 Å². The first-order valence-electron chi connectivity index (χ1n) is 10.7. The summed E-state index contributed by atoms with van der Waals surface area (Å²) in [6, 6.07) is 12.0. The number of carbonyl (C=O) groups is 1. The van der Waals surface area contributed by atoms with Gasteiger partial charge in [-0.15, -0.1) is 0 Å². The van der Waals surface area contributed by atoms with Crippen molar-refractivity contribution in [2.75, 3.05) is 12.3 Å². The van der Waals surface area contributed by atoms with E-state index in [2.05, 4.69) is 10.1 Å². The molecule has 2 aromatic heterocycles. The van der Waals surface area contributed by atoms with Crippen LogP contribution in [0.3, 0.4) is 0 Å². The van der Waals surface area contributed by atoms with Gasteiger partial charge in [-0.05, 0) is 31.2 Å². The van der Waals surface area contributed by atoms with E-state index in [4.69, 9.17) is 24.3 Å². The van der Waals surface area contributed by atoms with Crippen LogP contribution >= 0.6 is 8.25 Å². The largest absolute Gasteiger partial charge is 0.456 e. The molecule has 1 fully saturated rings. The molecule has 0 spiro atoms. The monoisotopic (exact) mass is 490 g/mol. The molecule has 5 atom stereocenters. The number of anilines is 1. The van der Waals surface area contributed by atoms with E-state index in [1.54, 1.807) is 56.3 Å². The summed E-state index contributed by atoms with van der Waals surface area (Å²) in [5.74, 6) is -0.292. The van der Waals surface area contributed by atoms with Gasteiger partial charge in [-0.1, -0.05) is 32.0 Å². The highest BCUT2D eigenvalue weighted by Crippen LogP contribution is 2.44. The number of ether oxygens (including phenoxy) is 2. The minimum absolute atomic E-state index is 0.242. The van der Waals surface area contributed by atoms with E-state index in [1.807, 2.05) is 0 Å². The van der Waals surface area contributed by atoms with Crippen molar-refractivity contribution in [2.24, 2.45) is 5.92 Å². The summed E-state index contributed by atoms with van der Waals surface area (Å²) in [5.41, 5.74) is 5.28. The Balaban J connectivity index is 1.58. The second kappa shape index (κ2) is 9.71. The normalized spacial score (nSPS) is 25.5. The van der Waals surface area contributed by atoms with Gasteiger partial charge in [0.15, 0.2) is 11.9 Å². The third-order valence-electron chi connectivity index (χ3n) is 5.56. The number of hydrogen-bond acceptors (Lipinski definition) is 10. The predicted octanol–water partition coefficient (Wildman–Crippen LogP) is 2.56. The average Bonchev–Trinajstić information content (AvgIpc) is 3.32. The van der Waals surface area contributed by atoms with Crippen molar-refractivity contribution in [1.82, 2.24) is 14.6 Å². The van der Waals surface area contributed by atoms with Crippen LogP contribution in [0.25, 0.3) is 5.52 Å². The highest BCUT2D eigenvalue weighted by molar-refractivity contribution is 7.33. The van der Waals surface area contributed by atoms with Crippen molar-refractivity contribution in [3.05, 3.63) is 54.5 Å². The predicted molar refractivity (Wildman–Crippen MR) is 122 cm³/mol. The molecule has 11 nitrogen and oxygen atoms in total. The number of aliphatic hydroxyl groups is 1. The number of rotatable bonds is 8. The Labute approximate surface area is 196 Å². The lowest BCUT2D eigenvalue weighted by atomic mass is 9.91. The van der Waals surface area contributed by atoms with E-state index in [0.29, 0.717) is 17.0 Å². The van der Waals surface area contributed by atoms with E-state index in [9.17, 15) is 14.5 Å². The SMILES string of the molecule is CC(C)C(=O)O[C@@H]1[C@@H](CO[PH](=O)Oc2ccccc2)O[C@@H](c2ccc3c(N)ncnn23)[C@]1(C)O. The van der Waals surface area contributed by atoms with Crippen LogP contribution < -0.4 is 10.3 Å². The molecular formula is C22H27N4O7P. The zero-order valence-corrected chi connectivity index (χ0v) is 20.0. The van der Waals surface area contributed by atoms with Crippen molar-refractivity contribution in [1.29, 1.82) is 0 Å². The van der Waals surface area contributed by atoms with Crippen molar-refractivity contribution in [3.8, 4) is 5.75 Å². The van der Waals surface area contributed by atoms with Crippen molar-refractivity contribution in [3.63, 3.8) is 0 Å². The van der Waals surface area contributed by atoms with Crippen LogP contribution in [0.4, 0.5) is 5.82 Å². The molecule has 1 aliphatic heterocycles. The average molecular weight is 490 g/mol. The zero-order valence-electron chi connectivity index (χ0n) is 19.0. The second-order valence-corrected chi connectivity index (χ2v) is 9.46. The molecule has 3 aromatic rings. The van der Waals surface area contributed by atoms with Crippen LogP contribution in [0, 0.1) is 5.92 Å². The lowest BCUT2D eigenvalue weighted by Crippen LogP contribution is -2.47. The molecule has 1 aliphatic rings. The Hall–Kier alpha value is -2.98. The fourth-order valence-corrected chi connectivity index (χ4v) is 4.49. The van der Waals surface area contributed by atoms with E-state index in [0.717, 1.165) is 0 Å². The number of carbonyl (C=O) groups excluding carboxylic acids is 1. The molecule has 1 saturated heterocycles. The third-order valence-corrected chi connectivity index (χ3v) is 6.36. The minimum atomic E-state index is -2.94. The number of hydrogen-bond donors (Lipinski definition) is 2. The van der Waals surface area contributed by atoms with Crippen LogP contribution in [0.15, 0.2) is 48.8 Å². The maximum atomic E-state index is 12.4. The summed E-state index contributed by atoms with van der Waals surface area (Å²) in [6.07, 6.45) is -1.70. The lowest BCUT2D eigenvalue weighted by Gasteiger charge is -2.30. The first kappa shape index (κ1) is 24.2. The van der Waals surface area contributed by atoms with Gasteiger partial charge in [0.05, 0.1) is 18.2 Å². The van der Waals surface area contributed by atoms with Crippen LogP contribution in [0.1, 0.15) is 32.6 Å². The fraction of sp³-hybridized carbons (Fsp3) is 0.409. The van der Waals surface area contributed by atoms with Crippen LogP contribution in [-0.2, 0) is 23.4 Å². The molecule has 182 valence electrons. The van der Waals surface area contributed by atoms with Crippen LogP contribution in [0.2, 0.25) is 0 Å². The molecule has 1 unspecified atom stereocenters. The number of para-hydroxylation sites is 1. The molecule has 0 aliphatic carbocycles. The van der Waals surface area contributed by atoms with Gasteiger partial charge in [0, 0.05) is 0 Å². The van der Waals surface area contributed by atoms with Gasteiger partial charge in [-0.3, -0.25) is 9.32 Å². The molecular weight excluding hydrogens is 463 g/mol. The molecule has 0 radical (unpaired) electrons. The van der Waals surface area contributed by atoms with E-state index in [-0.39, 0.29) is 12.4 Å². The standard InChI is InChI=1S/C22H27N4O7P/c1-13(2)21(27)32-19-17(11-30-34(29)33-14-7-5-4-6-8-14)31-18(22(19,3)28)15-9-10-16-20(23)24-12-25-26(15)16/h4-10,12-13,17-19,28,34H,11H2,1-3H3,(H2,23,24,25)/t17-,18+,19-,22+/m1/s1. The molecule has 4 rings (SSSR count). The Morgan fingerprint density at radius 2 is 2.03 bits per heavy atom. The van der Waals surface area contributed by atoms with Crippen LogP contribution in [-0.4, -0.2) is 50.1 Å². The number of nitrogens with zero attached hydrogens (tertiary/aromatic N) is 3. The van der Waals surface area contributed by atoms with Crippen molar-refractivity contribution < 1.29 is 33.0 Å². The number of nitrogens with two attached hydrogens (primary N) is 1. The molecule has 3 N–H and O–H groups in total. The lowest BCUT2D eigenvalue weighted by molar-refractivity contribution is -0.166. The molecule has 12 heteroatoms. The highest BCUT2D eigenvalue weighted by atomic mass is 31.1. The summed E-state index contributed by atoms with van der Waals surface area (Å²) < 4.78 is 36.3. The van der Waals surface area contributed by atoms with E-state index >= 15 is 0 Å². The van der Waals surface area contributed by atoms with E-state index < -0.39 is 44.1 Å². The number of esters is 1. The maximum Gasteiger partial charge on any atom is 0.367 e. The first-order chi connectivity index (χ1) is 16.2. The topological polar surface area (TPSA) is 148 Å². The van der Waals surface area contributed by atoms with Gasteiger partial charge >= 0.3 is 14.2 Å². The minimum Gasteiger partial charge on any atom is -0.456 e. The number of aromatic nitrogens is 3. The molecule has 0 amide bonds. The summed E-state index contributed by atoms with van der Waals surface area (Å²) in [5, 5.41) is 15.7. The Bertz CT molecular complexity index is 1180. The highest BCUT2D eigenvalue weighted by Gasteiger charge is 2.56. The number of benzene rings is 1. The molecule has 34 heavy (non-hydrogen) atoms. The van der Waals surface area contributed by atoms with Gasteiger partial charge in [-0.25, -0.2) is 14.1 Å². The van der Waals surface area contributed by atoms with Gasteiger partial charge in [0.1, 0.15) is 35.4 Å². The smallest absolute Gasteiger partial charge is 0.367 e. The Kier molecular flexibility index (Phi) is 6.90. The van der Waals surface area contributed by atoms with Gasteiger partial charge in [-0.2, -0.15) is 5.10 Å². The molecule has 0 bridgehead atoms. The zero-order chi connectivity index (χ0) is 24.5. The van der Waals surface area contributed by atoms with Gasteiger partial charge in [0.25, 0.3) is 0 Å². The quantitative estimate of drug-likeness (QED) is 0.356. The summed E-state index contributed by atoms with van der Waals surface area (Å²) in [4.78, 5) is 16.4. The summed E-state index contributed by atoms with van der Waals surface area (Å²) in [7, 11) is -2.94. The molecule has 0 saturated carbocycles. The Morgan fingerprint density at radius 1 is 1.29 bits per heavy atom. The number of fused-ring (bicyclic) bond motifs is 1. The van der Waals surface area contributed by atoms with E-state index in [1.165, 1.54) is 17.8 Å². The molecule has 1 aromatic carbocycles. The molecule has 3 heterocycles. The van der Waals surface area contributed by atoms with Crippen molar-refractivity contribution in [2.45, 2.75) is 44.7 Å². The summed E-state index contributed by atoms with van der Waals surface area (Å²) >= 11 is 0. The Morgan fingerprint density at radius 3 is 2.74 bits per heavy atom. The second-order valence-electron chi connectivity index (χ2n) is 8.47. The third kappa shape index (κ3) is 4.78. The number of nitrogen functional groups attached to an aromatic ring is 1. The fourth-order valence-electron chi connectivity index (χ4n) is 3.80.